The van der Waals surface area contributed by atoms with E-state index in [0.29, 0.717) is 6.54 Å². The van der Waals surface area contributed by atoms with E-state index in [1.807, 2.05) is 10.9 Å². The number of halogens is 1. The van der Waals surface area contributed by atoms with Crippen molar-refractivity contribution in [3.05, 3.63) is 60.0 Å². The lowest BCUT2D eigenvalue weighted by Gasteiger charge is -2.41. The van der Waals surface area contributed by atoms with Crippen LogP contribution in [0.3, 0.4) is 0 Å². The van der Waals surface area contributed by atoms with Gasteiger partial charge in [-0.1, -0.05) is 33.8 Å². The number of benzene rings is 2. The van der Waals surface area contributed by atoms with Crippen molar-refractivity contribution in [3.8, 4) is 5.69 Å². The van der Waals surface area contributed by atoms with Crippen LogP contribution in [-0.4, -0.2) is 16.3 Å². The van der Waals surface area contributed by atoms with E-state index < -0.39 is 0 Å². The van der Waals surface area contributed by atoms with Crippen LogP contribution < -0.4 is 5.73 Å². The molecule has 2 aromatic carbocycles. The summed E-state index contributed by atoms with van der Waals surface area (Å²) in [7, 11) is 0. The lowest BCUT2D eigenvalue weighted by molar-refractivity contribution is 0.207. The summed E-state index contributed by atoms with van der Waals surface area (Å²) in [5, 5.41) is 5.54. The molecule has 0 aliphatic carbocycles. The molecule has 0 fully saturated rings. The smallest absolute Gasteiger partial charge is 0.123 e. The number of hydrogen-bond donors (Lipinski definition) is 1. The van der Waals surface area contributed by atoms with E-state index in [1.54, 1.807) is 12.1 Å². The maximum atomic E-state index is 13.1. The van der Waals surface area contributed by atoms with Crippen LogP contribution in [0.1, 0.15) is 33.3 Å². The molecule has 0 saturated heterocycles. The highest BCUT2D eigenvalue weighted by atomic mass is 19.1. The summed E-state index contributed by atoms with van der Waals surface area (Å²) in [6, 6.07) is 12.8. The summed E-state index contributed by atoms with van der Waals surface area (Å²) in [4.78, 5) is 0. The molecule has 0 bridgehead atoms. The van der Waals surface area contributed by atoms with Gasteiger partial charge in [0.15, 0.2) is 0 Å². The first-order valence-electron chi connectivity index (χ1n) is 8.20. The van der Waals surface area contributed by atoms with Crippen molar-refractivity contribution in [1.29, 1.82) is 0 Å². The number of rotatable bonds is 4. The summed E-state index contributed by atoms with van der Waals surface area (Å²) >= 11 is 0. The van der Waals surface area contributed by atoms with E-state index in [0.717, 1.165) is 16.6 Å². The van der Waals surface area contributed by atoms with Crippen molar-refractivity contribution in [2.75, 3.05) is 6.54 Å². The predicted molar refractivity (Wildman–Crippen MR) is 96.9 cm³/mol. The van der Waals surface area contributed by atoms with Crippen molar-refractivity contribution in [1.82, 2.24) is 9.78 Å². The average molecular weight is 325 g/mol. The van der Waals surface area contributed by atoms with E-state index >= 15 is 0 Å². The fraction of sp³-hybridized carbons (Fsp3) is 0.350. The fourth-order valence-corrected chi connectivity index (χ4v) is 2.86. The molecule has 2 N–H and O–H groups in total. The number of aromatic nitrogens is 2. The number of nitrogens with zero attached hydrogens (tertiary/aromatic N) is 2. The largest absolute Gasteiger partial charge is 0.330 e. The molecule has 0 radical (unpaired) electrons. The molecule has 3 nitrogen and oxygen atoms in total. The van der Waals surface area contributed by atoms with E-state index in [4.69, 9.17) is 5.73 Å². The Bertz CT molecular complexity index is 860. The Morgan fingerprint density at radius 3 is 2.33 bits per heavy atom. The molecule has 0 saturated carbocycles. The van der Waals surface area contributed by atoms with E-state index in [9.17, 15) is 4.39 Å². The predicted octanol–water partition coefficient (Wildman–Crippen LogP) is 4.43. The zero-order valence-electron chi connectivity index (χ0n) is 14.7. The number of hydrogen-bond acceptors (Lipinski definition) is 2. The zero-order chi connectivity index (χ0) is 17.5. The van der Waals surface area contributed by atoms with Gasteiger partial charge < -0.3 is 5.73 Å². The molecule has 24 heavy (non-hydrogen) atoms. The molecule has 0 atom stereocenters. The SMILES string of the molecule is CC(C)(CN)C(C)(C)c1ccc2c(cnn2-c2ccc(F)cc2)c1. The van der Waals surface area contributed by atoms with Gasteiger partial charge in [-0.2, -0.15) is 5.10 Å². The molecule has 1 heterocycles. The molecule has 0 aliphatic heterocycles. The minimum Gasteiger partial charge on any atom is -0.330 e. The van der Waals surface area contributed by atoms with Crippen molar-refractivity contribution >= 4 is 10.9 Å². The Kier molecular flexibility index (Phi) is 3.96. The van der Waals surface area contributed by atoms with Crippen LogP contribution in [0.15, 0.2) is 48.7 Å². The summed E-state index contributed by atoms with van der Waals surface area (Å²) in [5.41, 5.74) is 9.00. The van der Waals surface area contributed by atoms with E-state index in [-0.39, 0.29) is 16.6 Å². The summed E-state index contributed by atoms with van der Waals surface area (Å²) in [6.45, 7) is 9.46. The lowest BCUT2D eigenvalue weighted by Crippen LogP contribution is -2.42. The van der Waals surface area contributed by atoms with Gasteiger partial charge >= 0.3 is 0 Å². The van der Waals surface area contributed by atoms with E-state index in [2.05, 4.69) is 51.0 Å². The van der Waals surface area contributed by atoms with Crippen molar-refractivity contribution in [2.45, 2.75) is 33.1 Å². The minimum atomic E-state index is -0.247. The molecule has 126 valence electrons. The minimum absolute atomic E-state index is 0.0202. The molecule has 1 aromatic heterocycles. The first kappa shape index (κ1) is 16.7. The molecule has 4 heteroatoms. The Morgan fingerprint density at radius 1 is 1.04 bits per heavy atom. The highest BCUT2D eigenvalue weighted by Gasteiger charge is 2.37. The third kappa shape index (κ3) is 2.61. The molecular formula is C20H24FN3. The van der Waals surface area contributed by atoms with E-state index in [1.165, 1.54) is 17.7 Å². The second-order valence-electron chi connectivity index (χ2n) is 7.52. The second-order valence-corrected chi connectivity index (χ2v) is 7.52. The van der Waals surface area contributed by atoms with Crippen molar-refractivity contribution in [3.63, 3.8) is 0 Å². The molecule has 0 spiro atoms. The normalized spacial score (nSPS) is 12.8. The standard InChI is InChI=1S/C20H24FN3/c1-19(2,13-22)20(3,4)15-5-10-18-14(11-15)12-23-24(18)17-8-6-16(21)7-9-17/h5-12H,13,22H2,1-4H3. The second kappa shape index (κ2) is 5.71. The van der Waals surface area contributed by atoms with Gasteiger partial charge in [0.05, 0.1) is 17.4 Å². The van der Waals surface area contributed by atoms with Crippen LogP contribution in [0.2, 0.25) is 0 Å². The molecular weight excluding hydrogens is 301 g/mol. The average Bonchev–Trinajstić information content (AvgIpc) is 2.98. The molecule has 0 amide bonds. The molecule has 3 aromatic rings. The van der Waals surface area contributed by atoms with Gasteiger partial charge in [0.2, 0.25) is 0 Å². The van der Waals surface area contributed by atoms with Gasteiger partial charge in [0, 0.05) is 5.39 Å². The highest BCUT2D eigenvalue weighted by molar-refractivity contribution is 5.81. The Balaban J connectivity index is 2.07. The quantitative estimate of drug-likeness (QED) is 0.771. The van der Waals surface area contributed by atoms with Crippen molar-refractivity contribution in [2.24, 2.45) is 11.1 Å². The van der Waals surface area contributed by atoms with Gasteiger partial charge in [-0.3, -0.25) is 0 Å². The summed E-state index contributed by atoms with van der Waals surface area (Å²) in [6.07, 6.45) is 1.85. The van der Waals surface area contributed by atoms with Crippen LogP contribution in [0, 0.1) is 11.2 Å². The Labute approximate surface area is 142 Å². The monoisotopic (exact) mass is 325 g/mol. The van der Waals surface area contributed by atoms with Crippen LogP contribution in [0.25, 0.3) is 16.6 Å². The Hall–Kier alpha value is -2.20. The van der Waals surface area contributed by atoms with Gasteiger partial charge in [-0.25, -0.2) is 9.07 Å². The first-order valence-corrected chi connectivity index (χ1v) is 8.20. The van der Waals surface area contributed by atoms with Crippen LogP contribution in [0.4, 0.5) is 4.39 Å². The van der Waals surface area contributed by atoms with Gasteiger partial charge in [0.25, 0.3) is 0 Å². The fourth-order valence-electron chi connectivity index (χ4n) is 2.86. The highest BCUT2D eigenvalue weighted by Crippen LogP contribution is 2.41. The number of fused-ring (bicyclic) bond motifs is 1. The maximum Gasteiger partial charge on any atom is 0.123 e. The number of nitrogens with two attached hydrogens (primary N) is 1. The van der Waals surface area contributed by atoms with Crippen LogP contribution >= 0.6 is 0 Å². The molecule has 0 aliphatic rings. The third-order valence-electron chi connectivity index (χ3n) is 5.56. The first-order chi connectivity index (χ1) is 11.3. The van der Waals surface area contributed by atoms with Gasteiger partial charge in [-0.15, -0.1) is 0 Å². The van der Waals surface area contributed by atoms with Gasteiger partial charge in [0.1, 0.15) is 5.82 Å². The third-order valence-corrected chi connectivity index (χ3v) is 5.56. The van der Waals surface area contributed by atoms with Crippen LogP contribution in [-0.2, 0) is 5.41 Å². The maximum absolute atomic E-state index is 13.1. The van der Waals surface area contributed by atoms with Crippen molar-refractivity contribution < 1.29 is 4.39 Å². The summed E-state index contributed by atoms with van der Waals surface area (Å²) < 4.78 is 15.0. The zero-order valence-corrected chi connectivity index (χ0v) is 14.7. The topological polar surface area (TPSA) is 43.8 Å². The molecule has 0 unspecified atom stereocenters. The van der Waals surface area contributed by atoms with Gasteiger partial charge in [-0.05, 0) is 59.3 Å². The summed E-state index contributed by atoms with van der Waals surface area (Å²) in [5.74, 6) is -0.247. The lowest BCUT2D eigenvalue weighted by atomic mass is 9.64. The Morgan fingerprint density at radius 2 is 1.71 bits per heavy atom. The molecule has 3 rings (SSSR count). The van der Waals surface area contributed by atoms with Crippen LogP contribution in [0.5, 0.6) is 0 Å².